The topological polar surface area (TPSA) is 48.6 Å². The molecule has 2 aromatic rings. The van der Waals surface area contributed by atoms with Crippen molar-refractivity contribution in [2.45, 2.75) is 40.0 Å². The molecule has 0 radical (unpaired) electrons. The Labute approximate surface area is 196 Å². The Morgan fingerprint density at radius 3 is 2.66 bits per heavy atom. The zero-order valence-electron chi connectivity index (χ0n) is 19.4. The fraction of sp³-hybridized carbons (Fsp3) is 0.333. The average molecular weight is 446 g/mol. The fourth-order valence-corrected chi connectivity index (χ4v) is 4.45. The van der Waals surface area contributed by atoms with E-state index in [2.05, 4.69) is 65.9 Å². The summed E-state index contributed by atoms with van der Waals surface area (Å²) in [7, 11) is 1.69. The van der Waals surface area contributed by atoms with Crippen molar-refractivity contribution in [3.8, 4) is 11.8 Å². The maximum Gasteiger partial charge on any atom is 0.124 e. The molecule has 0 saturated carbocycles. The van der Waals surface area contributed by atoms with Crippen LogP contribution in [0, 0.1) is 23.7 Å². The zero-order chi connectivity index (χ0) is 23.1. The monoisotopic (exact) mass is 445 g/mol. The number of hydrogen-bond acceptors (Lipinski definition) is 5. The van der Waals surface area contributed by atoms with Crippen molar-refractivity contribution in [1.82, 2.24) is 0 Å². The van der Waals surface area contributed by atoms with Crippen LogP contribution in [0.15, 0.2) is 72.1 Å². The van der Waals surface area contributed by atoms with Crippen molar-refractivity contribution < 1.29 is 4.74 Å². The lowest BCUT2D eigenvalue weighted by Gasteiger charge is -2.27. The normalized spacial score (nSPS) is 13.7. The predicted octanol–water partition coefficient (Wildman–Crippen LogP) is 6.67. The Balaban J connectivity index is 1.67. The Kier molecular flexibility index (Phi) is 7.82. The molecule has 0 saturated heterocycles. The molecule has 5 heteroatoms. The number of thioether (sulfide) groups is 1. The number of nitriles is 1. The minimum absolute atomic E-state index is 0.353. The van der Waals surface area contributed by atoms with Crippen LogP contribution in [-0.2, 0) is 12.8 Å². The van der Waals surface area contributed by atoms with Gasteiger partial charge >= 0.3 is 0 Å². The Morgan fingerprint density at radius 1 is 1.16 bits per heavy atom. The second-order valence-electron chi connectivity index (χ2n) is 8.57. The molecule has 4 nitrogen and oxygen atoms in total. The van der Waals surface area contributed by atoms with Crippen molar-refractivity contribution >= 4 is 22.5 Å². The van der Waals surface area contributed by atoms with Gasteiger partial charge in [-0.2, -0.15) is 5.26 Å². The van der Waals surface area contributed by atoms with Gasteiger partial charge in [0.2, 0.25) is 0 Å². The number of benzene rings is 2. The molecule has 0 aromatic heterocycles. The summed E-state index contributed by atoms with van der Waals surface area (Å²) in [5.41, 5.74) is 5.29. The largest absolute Gasteiger partial charge is 0.496 e. The second kappa shape index (κ2) is 10.6. The molecule has 0 aliphatic carbocycles. The van der Waals surface area contributed by atoms with Gasteiger partial charge in [0.1, 0.15) is 10.8 Å². The van der Waals surface area contributed by atoms with Crippen LogP contribution in [0.5, 0.6) is 5.75 Å². The summed E-state index contributed by atoms with van der Waals surface area (Å²) < 4.78 is 5.66. The summed E-state index contributed by atoms with van der Waals surface area (Å²) in [5, 5.41) is 10.2. The molecule has 0 spiro atoms. The molecule has 3 rings (SSSR count). The van der Waals surface area contributed by atoms with E-state index in [1.165, 1.54) is 11.1 Å². The number of aliphatic imine (C=N–C) groups is 1. The van der Waals surface area contributed by atoms with E-state index in [0.29, 0.717) is 0 Å². The molecule has 0 atom stereocenters. The van der Waals surface area contributed by atoms with E-state index < -0.39 is 0 Å². The summed E-state index contributed by atoms with van der Waals surface area (Å²) in [6.07, 6.45) is 6.32. The van der Waals surface area contributed by atoms with E-state index in [1.807, 2.05) is 32.3 Å². The van der Waals surface area contributed by atoms with Gasteiger partial charge in [-0.25, -0.2) is 4.99 Å². The lowest BCUT2D eigenvalue weighted by molar-refractivity contribution is 0.401. The van der Waals surface area contributed by atoms with Crippen LogP contribution in [0.25, 0.3) is 0 Å². The molecule has 32 heavy (non-hydrogen) atoms. The van der Waals surface area contributed by atoms with Gasteiger partial charge in [-0.1, -0.05) is 36.9 Å². The summed E-state index contributed by atoms with van der Waals surface area (Å²) in [6, 6.07) is 17.1. The lowest BCUT2D eigenvalue weighted by Crippen LogP contribution is -2.22. The number of hydrogen-bond donors (Lipinski definition) is 0. The molecule has 0 fully saturated rings. The quantitative estimate of drug-likeness (QED) is 0.455. The van der Waals surface area contributed by atoms with Crippen LogP contribution in [0.1, 0.15) is 37.0 Å². The maximum atomic E-state index is 9.29. The third-order valence-corrected chi connectivity index (χ3v) is 6.71. The van der Waals surface area contributed by atoms with Crippen LogP contribution in [0.2, 0.25) is 0 Å². The summed E-state index contributed by atoms with van der Waals surface area (Å²) in [5.74, 6) is 1.77. The molecule has 1 aliphatic heterocycles. The molecular formula is C27H31N3OS. The Hall–Kier alpha value is -2.97. The average Bonchev–Trinajstić information content (AvgIpc) is 2.80. The standard InChI is InChI=1S/C27H31N3OS/c1-20-8-6-7-9-22(20)13-17-32-26-21(2)30(16-15-29-26)24-11-10-23(25(18-24)31-5)12-14-27(3,4)19-28/h6-11,15-16,18H,2,12-14,17H2,1,3-5H3. The number of rotatable bonds is 8. The molecule has 0 N–H and O–H groups in total. The maximum absolute atomic E-state index is 9.29. The van der Waals surface area contributed by atoms with Crippen LogP contribution < -0.4 is 9.64 Å². The lowest BCUT2D eigenvalue weighted by atomic mass is 9.88. The Morgan fingerprint density at radius 2 is 1.94 bits per heavy atom. The van der Waals surface area contributed by atoms with Crippen LogP contribution >= 0.6 is 11.8 Å². The van der Waals surface area contributed by atoms with Crippen LogP contribution in [-0.4, -0.2) is 17.9 Å². The highest BCUT2D eigenvalue weighted by molar-refractivity contribution is 8.14. The highest BCUT2D eigenvalue weighted by Crippen LogP contribution is 2.33. The number of ether oxygens (including phenoxy) is 1. The molecule has 0 unspecified atom stereocenters. The first-order valence-electron chi connectivity index (χ1n) is 10.8. The first kappa shape index (κ1) is 23.7. The van der Waals surface area contributed by atoms with Gasteiger partial charge in [0.05, 0.1) is 24.3 Å². The summed E-state index contributed by atoms with van der Waals surface area (Å²) in [4.78, 5) is 6.61. The zero-order valence-corrected chi connectivity index (χ0v) is 20.2. The summed E-state index contributed by atoms with van der Waals surface area (Å²) in [6.45, 7) is 10.4. The van der Waals surface area contributed by atoms with E-state index in [-0.39, 0.29) is 5.41 Å². The molecular weight excluding hydrogens is 414 g/mol. The molecule has 1 aliphatic rings. The van der Waals surface area contributed by atoms with Crippen LogP contribution in [0.3, 0.4) is 0 Å². The smallest absolute Gasteiger partial charge is 0.124 e. The van der Waals surface area contributed by atoms with Crippen molar-refractivity contribution in [2.24, 2.45) is 10.4 Å². The van der Waals surface area contributed by atoms with E-state index in [4.69, 9.17) is 4.74 Å². The molecule has 0 amide bonds. The van der Waals surface area contributed by atoms with Crippen molar-refractivity contribution in [2.75, 3.05) is 17.8 Å². The number of aryl methyl sites for hydroxylation is 3. The Bertz CT molecular complexity index is 1080. The molecule has 166 valence electrons. The van der Waals surface area contributed by atoms with Gasteiger partial charge in [-0.15, -0.1) is 11.8 Å². The van der Waals surface area contributed by atoms with E-state index in [1.54, 1.807) is 18.9 Å². The minimum atomic E-state index is -0.353. The second-order valence-corrected chi connectivity index (χ2v) is 9.65. The van der Waals surface area contributed by atoms with Gasteiger partial charge in [-0.3, -0.25) is 0 Å². The van der Waals surface area contributed by atoms with Crippen molar-refractivity contribution in [3.05, 3.63) is 83.8 Å². The highest BCUT2D eigenvalue weighted by atomic mass is 32.2. The third kappa shape index (κ3) is 5.83. The van der Waals surface area contributed by atoms with E-state index in [0.717, 1.165) is 52.8 Å². The van der Waals surface area contributed by atoms with Gasteiger partial charge < -0.3 is 9.64 Å². The molecule has 2 aromatic carbocycles. The van der Waals surface area contributed by atoms with E-state index in [9.17, 15) is 5.26 Å². The highest BCUT2D eigenvalue weighted by Gasteiger charge is 2.20. The van der Waals surface area contributed by atoms with Crippen molar-refractivity contribution in [1.29, 1.82) is 5.26 Å². The van der Waals surface area contributed by atoms with Gasteiger partial charge in [0, 0.05) is 29.9 Å². The number of nitrogens with zero attached hydrogens (tertiary/aromatic N) is 3. The third-order valence-electron chi connectivity index (χ3n) is 5.69. The van der Waals surface area contributed by atoms with Gasteiger partial charge in [0.15, 0.2) is 0 Å². The first-order valence-corrected chi connectivity index (χ1v) is 11.8. The van der Waals surface area contributed by atoms with E-state index >= 15 is 0 Å². The summed E-state index contributed by atoms with van der Waals surface area (Å²) >= 11 is 1.73. The van der Waals surface area contributed by atoms with Crippen LogP contribution in [0.4, 0.5) is 5.69 Å². The first-order chi connectivity index (χ1) is 15.3. The number of anilines is 1. The van der Waals surface area contributed by atoms with Gasteiger partial charge in [-0.05, 0) is 62.8 Å². The SMILES string of the molecule is C=C1C(SCCc2ccccc2C)=NC=CN1c1ccc(CCC(C)(C)C#N)c(OC)c1. The molecule has 0 bridgehead atoms. The fourth-order valence-electron chi connectivity index (χ4n) is 3.54. The van der Waals surface area contributed by atoms with Crippen molar-refractivity contribution in [3.63, 3.8) is 0 Å². The predicted molar refractivity (Wildman–Crippen MR) is 136 cm³/mol. The minimum Gasteiger partial charge on any atom is -0.496 e. The van der Waals surface area contributed by atoms with Gasteiger partial charge in [0.25, 0.3) is 0 Å². The molecule has 1 heterocycles. The number of methoxy groups -OCH3 is 1.